The fourth-order valence-corrected chi connectivity index (χ4v) is 1.62. The first-order valence-corrected chi connectivity index (χ1v) is 5.91. The molecular formula is C13H19N3O3. The third-order valence-corrected chi connectivity index (χ3v) is 2.53. The Hall–Kier alpha value is -2.24. The highest BCUT2D eigenvalue weighted by Gasteiger charge is 2.13. The number of rotatable bonds is 5. The van der Waals surface area contributed by atoms with E-state index in [1.165, 1.54) is 6.92 Å². The summed E-state index contributed by atoms with van der Waals surface area (Å²) in [7, 11) is 3.12. The minimum atomic E-state index is -0.411. The van der Waals surface area contributed by atoms with Crippen LogP contribution in [-0.4, -0.2) is 32.0 Å². The van der Waals surface area contributed by atoms with Crippen molar-refractivity contribution in [1.29, 1.82) is 0 Å². The lowest BCUT2D eigenvalue weighted by molar-refractivity contribution is -0.121. The molecule has 0 aromatic heterocycles. The van der Waals surface area contributed by atoms with E-state index in [9.17, 15) is 9.59 Å². The number of ether oxygens (including phenoxy) is 1. The Morgan fingerprint density at radius 2 is 2.00 bits per heavy atom. The van der Waals surface area contributed by atoms with Crippen LogP contribution in [0.15, 0.2) is 18.2 Å². The van der Waals surface area contributed by atoms with Gasteiger partial charge in [-0.2, -0.15) is 0 Å². The van der Waals surface area contributed by atoms with E-state index in [1.807, 2.05) is 0 Å². The van der Waals surface area contributed by atoms with Crippen molar-refractivity contribution < 1.29 is 14.3 Å². The van der Waals surface area contributed by atoms with E-state index in [4.69, 9.17) is 4.74 Å². The van der Waals surface area contributed by atoms with Crippen LogP contribution in [0.5, 0.6) is 5.75 Å². The fourth-order valence-electron chi connectivity index (χ4n) is 1.62. The van der Waals surface area contributed by atoms with Crippen LogP contribution in [0, 0.1) is 0 Å². The molecule has 0 aliphatic carbocycles. The van der Waals surface area contributed by atoms with Gasteiger partial charge in [-0.1, -0.05) is 0 Å². The Kier molecular flexibility index (Phi) is 5.17. The molecule has 0 saturated heterocycles. The number of anilines is 2. The molecule has 0 aliphatic heterocycles. The lowest BCUT2D eigenvalue weighted by Gasteiger charge is -2.17. The molecule has 1 rings (SSSR count). The number of hydrogen-bond acceptors (Lipinski definition) is 4. The van der Waals surface area contributed by atoms with Crippen molar-refractivity contribution in [3.63, 3.8) is 0 Å². The van der Waals surface area contributed by atoms with Crippen LogP contribution in [0.2, 0.25) is 0 Å². The number of carbonyl (C=O) groups excluding carboxylic acids is 2. The standard InChI is InChI=1S/C13H19N3O3/c1-8(13(18)14-3)15-11-7-10(16-9(2)17)5-6-12(11)19-4/h5-8,15H,1-4H3,(H,14,18)(H,16,17)/t8-/m0/s1. The number of hydrogen-bond donors (Lipinski definition) is 3. The van der Waals surface area contributed by atoms with E-state index in [2.05, 4.69) is 16.0 Å². The third-order valence-electron chi connectivity index (χ3n) is 2.53. The molecule has 3 N–H and O–H groups in total. The normalized spacial score (nSPS) is 11.4. The number of methoxy groups -OCH3 is 1. The van der Waals surface area contributed by atoms with Gasteiger partial charge in [0, 0.05) is 19.7 Å². The highest BCUT2D eigenvalue weighted by molar-refractivity contribution is 5.90. The molecule has 0 bridgehead atoms. The minimum Gasteiger partial charge on any atom is -0.495 e. The maximum Gasteiger partial charge on any atom is 0.241 e. The summed E-state index contributed by atoms with van der Waals surface area (Å²) in [5.74, 6) is 0.312. The van der Waals surface area contributed by atoms with Gasteiger partial charge in [0.25, 0.3) is 0 Å². The molecule has 0 radical (unpaired) electrons. The van der Waals surface area contributed by atoms with Crippen molar-refractivity contribution in [2.24, 2.45) is 0 Å². The maximum atomic E-state index is 11.5. The molecule has 19 heavy (non-hydrogen) atoms. The SMILES string of the molecule is CNC(=O)[C@H](C)Nc1cc(NC(C)=O)ccc1OC. The van der Waals surface area contributed by atoms with Crippen molar-refractivity contribution >= 4 is 23.2 Å². The second-order valence-corrected chi connectivity index (χ2v) is 4.08. The maximum absolute atomic E-state index is 11.5. The van der Waals surface area contributed by atoms with Crippen LogP contribution in [-0.2, 0) is 9.59 Å². The van der Waals surface area contributed by atoms with Gasteiger partial charge in [0.05, 0.1) is 12.8 Å². The average Bonchev–Trinajstić information content (AvgIpc) is 2.37. The second kappa shape index (κ2) is 6.63. The van der Waals surface area contributed by atoms with Crippen LogP contribution in [0.3, 0.4) is 0 Å². The Morgan fingerprint density at radius 1 is 1.32 bits per heavy atom. The Bertz CT molecular complexity index is 474. The Morgan fingerprint density at radius 3 is 2.53 bits per heavy atom. The Labute approximate surface area is 112 Å². The predicted molar refractivity (Wildman–Crippen MR) is 74.4 cm³/mol. The van der Waals surface area contributed by atoms with Gasteiger partial charge in [-0.3, -0.25) is 9.59 Å². The molecule has 0 saturated carbocycles. The van der Waals surface area contributed by atoms with Crippen LogP contribution in [0.25, 0.3) is 0 Å². The van der Waals surface area contributed by atoms with Crippen molar-refractivity contribution in [3.8, 4) is 5.75 Å². The summed E-state index contributed by atoms with van der Waals surface area (Å²) in [5.41, 5.74) is 1.28. The molecule has 0 aliphatic rings. The van der Waals surface area contributed by atoms with Crippen molar-refractivity contribution in [1.82, 2.24) is 5.32 Å². The van der Waals surface area contributed by atoms with E-state index in [-0.39, 0.29) is 11.8 Å². The number of benzene rings is 1. The number of amides is 2. The van der Waals surface area contributed by atoms with Crippen molar-refractivity contribution in [3.05, 3.63) is 18.2 Å². The predicted octanol–water partition coefficient (Wildman–Crippen LogP) is 1.20. The molecule has 2 amide bonds. The first kappa shape index (κ1) is 14.8. The lowest BCUT2D eigenvalue weighted by Crippen LogP contribution is -2.35. The van der Waals surface area contributed by atoms with E-state index in [0.29, 0.717) is 17.1 Å². The van der Waals surface area contributed by atoms with Gasteiger partial charge in [0.1, 0.15) is 11.8 Å². The van der Waals surface area contributed by atoms with E-state index < -0.39 is 6.04 Å². The molecule has 1 aromatic rings. The summed E-state index contributed by atoms with van der Waals surface area (Å²) in [4.78, 5) is 22.5. The molecule has 0 spiro atoms. The topological polar surface area (TPSA) is 79.5 Å². The van der Waals surface area contributed by atoms with Gasteiger partial charge in [-0.15, -0.1) is 0 Å². The fraction of sp³-hybridized carbons (Fsp3) is 0.385. The highest BCUT2D eigenvalue weighted by atomic mass is 16.5. The molecule has 0 unspecified atom stereocenters. The van der Waals surface area contributed by atoms with Gasteiger partial charge in [0.15, 0.2) is 0 Å². The monoisotopic (exact) mass is 265 g/mol. The summed E-state index contributed by atoms with van der Waals surface area (Å²) < 4.78 is 5.21. The molecular weight excluding hydrogens is 246 g/mol. The molecule has 6 nitrogen and oxygen atoms in total. The number of likely N-dealkylation sites (N-methyl/N-ethyl adjacent to an activating group) is 1. The van der Waals surface area contributed by atoms with E-state index in [0.717, 1.165) is 0 Å². The second-order valence-electron chi connectivity index (χ2n) is 4.08. The minimum absolute atomic E-state index is 0.132. The van der Waals surface area contributed by atoms with Gasteiger partial charge in [-0.25, -0.2) is 0 Å². The smallest absolute Gasteiger partial charge is 0.241 e. The summed E-state index contributed by atoms with van der Waals surface area (Å²) in [6, 6.07) is 4.77. The van der Waals surface area contributed by atoms with Crippen molar-refractivity contribution in [2.75, 3.05) is 24.8 Å². The van der Waals surface area contributed by atoms with Crippen LogP contribution in [0.4, 0.5) is 11.4 Å². The van der Waals surface area contributed by atoms with E-state index in [1.54, 1.807) is 39.3 Å². The lowest BCUT2D eigenvalue weighted by atomic mass is 10.2. The zero-order valence-electron chi connectivity index (χ0n) is 11.5. The summed E-state index contributed by atoms with van der Waals surface area (Å²) in [6.07, 6.45) is 0. The molecule has 1 aromatic carbocycles. The zero-order chi connectivity index (χ0) is 14.4. The molecule has 0 fully saturated rings. The average molecular weight is 265 g/mol. The molecule has 6 heteroatoms. The van der Waals surface area contributed by atoms with Gasteiger partial charge in [-0.05, 0) is 25.1 Å². The zero-order valence-corrected chi connectivity index (χ0v) is 11.5. The molecule has 104 valence electrons. The van der Waals surface area contributed by atoms with Crippen molar-refractivity contribution in [2.45, 2.75) is 19.9 Å². The largest absolute Gasteiger partial charge is 0.495 e. The number of nitrogens with one attached hydrogen (secondary N) is 3. The van der Waals surface area contributed by atoms with Gasteiger partial charge >= 0.3 is 0 Å². The quantitative estimate of drug-likeness (QED) is 0.747. The summed E-state index contributed by atoms with van der Waals surface area (Å²) >= 11 is 0. The van der Waals surface area contributed by atoms with Crippen LogP contribution in [0.1, 0.15) is 13.8 Å². The third kappa shape index (κ3) is 4.17. The first-order chi connectivity index (χ1) is 8.97. The van der Waals surface area contributed by atoms with Crippen LogP contribution < -0.4 is 20.7 Å². The van der Waals surface area contributed by atoms with Crippen LogP contribution >= 0.6 is 0 Å². The highest BCUT2D eigenvalue weighted by Crippen LogP contribution is 2.28. The number of carbonyl (C=O) groups is 2. The summed E-state index contributed by atoms with van der Waals surface area (Å²) in [6.45, 7) is 3.17. The first-order valence-electron chi connectivity index (χ1n) is 5.91. The van der Waals surface area contributed by atoms with Gasteiger partial charge < -0.3 is 20.7 Å². The van der Waals surface area contributed by atoms with Gasteiger partial charge in [0.2, 0.25) is 11.8 Å². The summed E-state index contributed by atoms with van der Waals surface area (Å²) in [5, 5.41) is 8.27. The van der Waals surface area contributed by atoms with E-state index >= 15 is 0 Å². The molecule has 1 atom stereocenters. The Balaban J connectivity index is 2.95. The molecule has 0 heterocycles.